The fourth-order valence-corrected chi connectivity index (χ4v) is 2.89. The zero-order chi connectivity index (χ0) is 13.7. The number of nitrogens with one attached hydrogen (secondary N) is 1. The Hall–Kier alpha value is -1.16. The average molecular weight is 263 g/mol. The van der Waals surface area contributed by atoms with Crippen molar-refractivity contribution < 1.29 is 0 Å². The number of aromatic nitrogens is 2. The van der Waals surface area contributed by atoms with Crippen LogP contribution in [0.4, 0.5) is 0 Å². The van der Waals surface area contributed by atoms with Crippen molar-refractivity contribution in [2.75, 3.05) is 13.1 Å². The Balaban J connectivity index is 2.10. The lowest BCUT2D eigenvalue weighted by molar-refractivity contribution is 0.287. The summed E-state index contributed by atoms with van der Waals surface area (Å²) in [5.41, 5.74) is 0.965. The zero-order valence-corrected chi connectivity index (χ0v) is 12.1. The van der Waals surface area contributed by atoms with Gasteiger partial charge >= 0.3 is 0 Å². The standard InChI is InChI=1S/C15H25N3O/c1-3-18(4-2)11-14-16-10-13(15(19)17-14)12-8-6-5-7-9-12/h10,12H,3-9,11H2,1-2H3,(H,16,17,19). The summed E-state index contributed by atoms with van der Waals surface area (Å²) in [5.74, 6) is 1.21. The van der Waals surface area contributed by atoms with E-state index in [4.69, 9.17) is 0 Å². The summed E-state index contributed by atoms with van der Waals surface area (Å²) in [6.45, 7) is 6.93. The van der Waals surface area contributed by atoms with E-state index >= 15 is 0 Å². The topological polar surface area (TPSA) is 49.0 Å². The molecule has 0 atom stereocenters. The van der Waals surface area contributed by atoms with E-state index in [0.717, 1.165) is 43.9 Å². The maximum Gasteiger partial charge on any atom is 0.254 e. The predicted molar refractivity (Wildman–Crippen MR) is 77.3 cm³/mol. The molecule has 0 radical (unpaired) electrons. The van der Waals surface area contributed by atoms with Crippen LogP contribution in [0.15, 0.2) is 11.0 Å². The van der Waals surface area contributed by atoms with E-state index in [2.05, 4.69) is 28.7 Å². The largest absolute Gasteiger partial charge is 0.309 e. The SMILES string of the molecule is CCN(CC)Cc1ncc(C2CCCCC2)c(=O)[nH]1. The Kier molecular flexibility index (Phi) is 5.14. The second-order valence-corrected chi connectivity index (χ2v) is 5.41. The number of hydrogen-bond acceptors (Lipinski definition) is 3. The van der Waals surface area contributed by atoms with E-state index in [-0.39, 0.29) is 5.56 Å². The molecule has 1 aromatic rings. The van der Waals surface area contributed by atoms with Crippen LogP contribution in [0.3, 0.4) is 0 Å². The molecule has 1 N–H and O–H groups in total. The molecule has 2 rings (SSSR count). The molecule has 106 valence electrons. The van der Waals surface area contributed by atoms with Gasteiger partial charge in [-0.15, -0.1) is 0 Å². The highest BCUT2D eigenvalue weighted by Gasteiger charge is 2.19. The smallest absolute Gasteiger partial charge is 0.254 e. The minimum Gasteiger partial charge on any atom is -0.309 e. The monoisotopic (exact) mass is 263 g/mol. The van der Waals surface area contributed by atoms with Crippen molar-refractivity contribution in [2.45, 2.75) is 58.4 Å². The van der Waals surface area contributed by atoms with Crippen LogP contribution in [0.25, 0.3) is 0 Å². The Labute approximate surface area is 115 Å². The van der Waals surface area contributed by atoms with Crippen LogP contribution >= 0.6 is 0 Å². The third-order valence-electron chi connectivity index (χ3n) is 4.19. The van der Waals surface area contributed by atoms with Gasteiger partial charge in [0, 0.05) is 11.8 Å². The summed E-state index contributed by atoms with van der Waals surface area (Å²) in [4.78, 5) is 21.8. The second kappa shape index (κ2) is 6.85. The van der Waals surface area contributed by atoms with E-state index in [1.165, 1.54) is 19.3 Å². The van der Waals surface area contributed by atoms with Crippen molar-refractivity contribution in [3.05, 3.63) is 27.9 Å². The van der Waals surface area contributed by atoms with E-state index in [9.17, 15) is 4.79 Å². The van der Waals surface area contributed by atoms with Gasteiger partial charge in [0.25, 0.3) is 5.56 Å². The van der Waals surface area contributed by atoms with Gasteiger partial charge in [-0.25, -0.2) is 4.98 Å². The summed E-state index contributed by atoms with van der Waals surface area (Å²) in [6.07, 6.45) is 7.88. The molecule has 1 aromatic heterocycles. The summed E-state index contributed by atoms with van der Waals surface area (Å²) < 4.78 is 0. The molecule has 1 heterocycles. The molecule has 0 aliphatic heterocycles. The van der Waals surface area contributed by atoms with Gasteiger partial charge in [-0.3, -0.25) is 9.69 Å². The van der Waals surface area contributed by atoms with Gasteiger partial charge in [-0.1, -0.05) is 33.1 Å². The summed E-state index contributed by atoms with van der Waals surface area (Å²) >= 11 is 0. The van der Waals surface area contributed by atoms with E-state index < -0.39 is 0 Å². The summed E-state index contributed by atoms with van der Waals surface area (Å²) in [7, 11) is 0. The van der Waals surface area contributed by atoms with Crippen LogP contribution in [-0.4, -0.2) is 28.0 Å². The maximum atomic E-state index is 12.2. The van der Waals surface area contributed by atoms with Gasteiger partial charge in [-0.05, 0) is 31.8 Å². The molecule has 1 aliphatic rings. The number of rotatable bonds is 5. The average Bonchev–Trinajstić information content (AvgIpc) is 2.46. The molecule has 1 saturated carbocycles. The predicted octanol–water partition coefficient (Wildman–Crippen LogP) is 2.66. The van der Waals surface area contributed by atoms with Crippen LogP contribution in [0, 0.1) is 0 Å². The Morgan fingerprint density at radius 2 is 1.95 bits per heavy atom. The van der Waals surface area contributed by atoms with Gasteiger partial charge in [-0.2, -0.15) is 0 Å². The van der Waals surface area contributed by atoms with Gasteiger partial charge in [0.05, 0.1) is 6.54 Å². The number of H-pyrrole nitrogens is 1. The van der Waals surface area contributed by atoms with Crippen LogP contribution < -0.4 is 5.56 Å². The quantitative estimate of drug-likeness (QED) is 0.888. The lowest BCUT2D eigenvalue weighted by Gasteiger charge is -2.21. The molecule has 0 aromatic carbocycles. The van der Waals surface area contributed by atoms with Gasteiger partial charge < -0.3 is 4.98 Å². The number of hydrogen-bond donors (Lipinski definition) is 1. The normalized spacial score (nSPS) is 17.0. The first-order chi connectivity index (χ1) is 9.24. The second-order valence-electron chi connectivity index (χ2n) is 5.41. The lowest BCUT2D eigenvalue weighted by Crippen LogP contribution is -2.27. The first-order valence-electron chi connectivity index (χ1n) is 7.55. The van der Waals surface area contributed by atoms with Crippen molar-refractivity contribution in [3.63, 3.8) is 0 Å². The molecule has 0 bridgehead atoms. The highest BCUT2D eigenvalue weighted by molar-refractivity contribution is 5.13. The molecule has 1 aliphatic carbocycles. The van der Waals surface area contributed by atoms with E-state index in [0.29, 0.717) is 5.92 Å². The van der Waals surface area contributed by atoms with E-state index in [1.54, 1.807) is 0 Å². The third-order valence-corrected chi connectivity index (χ3v) is 4.19. The zero-order valence-electron chi connectivity index (χ0n) is 12.1. The minimum atomic E-state index is 0.0732. The lowest BCUT2D eigenvalue weighted by atomic mass is 9.85. The molecule has 1 fully saturated rings. The molecule has 4 heteroatoms. The van der Waals surface area contributed by atoms with Crippen molar-refractivity contribution in [1.29, 1.82) is 0 Å². The fourth-order valence-electron chi connectivity index (χ4n) is 2.89. The van der Waals surface area contributed by atoms with Gasteiger partial charge in [0.1, 0.15) is 5.82 Å². The van der Waals surface area contributed by atoms with Gasteiger partial charge in [0.2, 0.25) is 0 Å². The minimum absolute atomic E-state index is 0.0732. The molecule has 19 heavy (non-hydrogen) atoms. The van der Waals surface area contributed by atoms with Crippen molar-refractivity contribution >= 4 is 0 Å². The summed E-state index contributed by atoms with van der Waals surface area (Å²) in [5, 5.41) is 0. The molecule has 4 nitrogen and oxygen atoms in total. The summed E-state index contributed by atoms with van der Waals surface area (Å²) in [6, 6.07) is 0. The Morgan fingerprint density at radius 1 is 1.26 bits per heavy atom. The number of aromatic amines is 1. The van der Waals surface area contributed by atoms with Crippen molar-refractivity contribution in [1.82, 2.24) is 14.9 Å². The molecule has 0 spiro atoms. The maximum absolute atomic E-state index is 12.2. The van der Waals surface area contributed by atoms with Crippen molar-refractivity contribution in [2.24, 2.45) is 0 Å². The van der Waals surface area contributed by atoms with Crippen LogP contribution in [-0.2, 0) is 6.54 Å². The molecule has 0 amide bonds. The first-order valence-corrected chi connectivity index (χ1v) is 7.55. The van der Waals surface area contributed by atoms with Crippen LogP contribution in [0.2, 0.25) is 0 Å². The highest BCUT2D eigenvalue weighted by atomic mass is 16.1. The first kappa shape index (κ1) is 14.3. The van der Waals surface area contributed by atoms with Gasteiger partial charge in [0.15, 0.2) is 0 Å². The Bertz CT molecular complexity index is 445. The Morgan fingerprint density at radius 3 is 2.53 bits per heavy atom. The number of nitrogens with zero attached hydrogens (tertiary/aromatic N) is 2. The molecule has 0 unspecified atom stereocenters. The van der Waals surface area contributed by atoms with Crippen molar-refractivity contribution in [3.8, 4) is 0 Å². The fraction of sp³-hybridized carbons (Fsp3) is 0.733. The van der Waals surface area contributed by atoms with Crippen LogP contribution in [0.1, 0.15) is 63.3 Å². The van der Waals surface area contributed by atoms with Crippen LogP contribution in [0.5, 0.6) is 0 Å². The molecular weight excluding hydrogens is 238 g/mol. The highest BCUT2D eigenvalue weighted by Crippen LogP contribution is 2.30. The molecular formula is C15H25N3O. The van der Waals surface area contributed by atoms with E-state index in [1.807, 2.05) is 6.20 Å². The third kappa shape index (κ3) is 3.66. The molecule has 0 saturated heterocycles.